The Labute approximate surface area is 119 Å². The summed E-state index contributed by atoms with van der Waals surface area (Å²) < 4.78 is 13.6. The lowest BCUT2D eigenvalue weighted by Crippen LogP contribution is -2.40. The number of hydrogen-bond acceptors (Lipinski definition) is 1. The highest BCUT2D eigenvalue weighted by Gasteiger charge is 2.25. The lowest BCUT2D eigenvalue weighted by atomic mass is 9.99. The van der Waals surface area contributed by atoms with Crippen LogP contribution in [0.3, 0.4) is 0 Å². The molecular formula is C13H14BrClFNO. The summed E-state index contributed by atoms with van der Waals surface area (Å²) >= 11 is 8.98. The molecule has 1 aliphatic heterocycles. The topological polar surface area (TPSA) is 20.3 Å². The van der Waals surface area contributed by atoms with Gasteiger partial charge in [0.2, 0.25) is 0 Å². The first-order valence-electron chi connectivity index (χ1n) is 5.92. The molecule has 1 aliphatic rings. The maximum Gasteiger partial charge on any atom is 0.255 e. The smallest absolute Gasteiger partial charge is 0.255 e. The molecule has 1 aromatic carbocycles. The molecule has 2 nitrogen and oxygen atoms in total. The summed E-state index contributed by atoms with van der Waals surface area (Å²) in [6, 6.07) is 4.52. The van der Waals surface area contributed by atoms with Crippen molar-refractivity contribution in [2.24, 2.45) is 5.92 Å². The molecule has 0 N–H and O–H groups in total. The van der Waals surface area contributed by atoms with Crippen LogP contribution in [0.5, 0.6) is 0 Å². The second kappa shape index (κ2) is 6.02. The molecule has 0 bridgehead atoms. The SMILES string of the molecule is O=C(c1cccc(F)c1Br)N1CCCC(CCl)C1. The van der Waals surface area contributed by atoms with Gasteiger partial charge in [-0.05, 0) is 46.8 Å². The Balaban J connectivity index is 2.18. The molecule has 1 fully saturated rings. The molecule has 5 heteroatoms. The fraction of sp³-hybridized carbons (Fsp3) is 0.462. The van der Waals surface area contributed by atoms with E-state index >= 15 is 0 Å². The lowest BCUT2D eigenvalue weighted by Gasteiger charge is -2.32. The third-order valence-corrected chi connectivity index (χ3v) is 4.45. The number of alkyl halides is 1. The number of amides is 1. The first kappa shape index (κ1) is 13.8. The normalized spacial score (nSPS) is 19.9. The Bertz CT molecular complexity index is 455. The Morgan fingerprint density at radius 1 is 1.56 bits per heavy atom. The summed E-state index contributed by atoms with van der Waals surface area (Å²) in [5, 5.41) is 0. The quantitative estimate of drug-likeness (QED) is 0.756. The molecule has 18 heavy (non-hydrogen) atoms. The minimum Gasteiger partial charge on any atom is -0.338 e. The van der Waals surface area contributed by atoms with Crippen LogP contribution in [0, 0.1) is 11.7 Å². The van der Waals surface area contributed by atoms with E-state index in [1.807, 2.05) is 0 Å². The Morgan fingerprint density at radius 2 is 2.33 bits per heavy atom. The summed E-state index contributed by atoms with van der Waals surface area (Å²) in [6.45, 7) is 1.38. The molecule has 0 saturated carbocycles. The molecule has 0 aromatic heterocycles. The van der Waals surface area contributed by atoms with Crippen LogP contribution < -0.4 is 0 Å². The van der Waals surface area contributed by atoms with Gasteiger partial charge in [0.25, 0.3) is 5.91 Å². The van der Waals surface area contributed by atoms with Gasteiger partial charge in [-0.25, -0.2) is 4.39 Å². The van der Waals surface area contributed by atoms with E-state index < -0.39 is 5.82 Å². The van der Waals surface area contributed by atoms with E-state index in [9.17, 15) is 9.18 Å². The molecule has 1 unspecified atom stereocenters. The van der Waals surface area contributed by atoms with Crippen molar-refractivity contribution in [2.45, 2.75) is 12.8 Å². The summed E-state index contributed by atoms with van der Waals surface area (Å²) in [4.78, 5) is 14.1. The van der Waals surface area contributed by atoms with E-state index in [1.165, 1.54) is 6.07 Å². The molecule has 0 spiro atoms. The number of piperidine rings is 1. The number of benzene rings is 1. The van der Waals surface area contributed by atoms with Crippen molar-refractivity contribution in [2.75, 3.05) is 19.0 Å². The van der Waals surface area contributed by atoms with Crippen molar-refractivity contribution in [1.29, 1.82) is 0 Å². The zero-order valence-corrected chi connectivity index (χ0v) is 12.2. The Morgan fingerprint density at radius 3 is 3.06 bits per heavy atom. The van der Waals surface area contributed by atoms with Crippen LogP contribution in [0.2, 0.25) is 0 Å². The maximum absolute atomic E-state index is 13.4. The van der Waals surface area contributed by atoms with Gasteiger partial charge in [0.05, 0.1) is 10.0 Å². The van der Waals surface area contributed by atoms with Crippen molar-refractivity contribution in [3.8, 4) is 0 Å². The largest absolute Gasteiger partial charge is 0.338 e. The van der Waals surface area contributed by atoms with Crippen LogP contribution in [-0.4, -0.2) is 29.8 Å². The van der Waals surface area contributed by atoms with Crippen molar-refractivity contribution in [3.63, 3.8) is 0 Å². The third kappa shape index (κ3) is 2.86. The van der Waals surface area contributed by atoms with E-state index in [4.69, 9.17) is 11.6 Å². The van der Waals surface area contributed by atoms with Crippen molar-refractivity contribution >= 4 is 33.4 Å². The molecule has 0 aliphatic carbocycles. The van der Waals surface area contributed by atoms with Gasteiger partial charge in [-0.3, -0.25) is 4.79 Å². The van der Waals surface area contributed by atoms with E-state index in [0.717, 1.165) is 19.4 Å². The predicted octanol–water partition coefficient (Wildman–Crippen LogP) is 3.68. The second-order valence-corrected chi connectivity index (χ2v) is 5.62. The number of rotatable bonds is 2. The van der Waals surface area contributed by atoms with Crippen LogP contribution >= 0.6 is 27.5 Å². The van der Waals surface area contributed by atoms with Gasteiger partial charge in [0.15, 0.2) is 0 Å². The third-order valence-electron chi connectivity index (χ3n) is 3.21. The van der Waals surface area contributed by atoms with Crippen LogP contribution in [0.25, 0.3) is 0 Å². The van der Waals surface area contributed by atoms with Crippen LogP contribution in [-0.2, 0) is 0 Å². The molecule has 1 aromatic rings. The van der Waals surface area contributed by atoms with Crippen LogP contribution in [0.15, 0.2) is 22.7 Å². The fourth-order valence-electron chi connectivity index (χ4n) is 2.21. The average molecular weight is 335 g/mol. The minimum atomic E-state index is -0.410. The van der Waals surface area contributed by atoms with Gasteiger partial charge in [-0.2, -0.15) is 0 Å². The zero-order valence-electron chi connectivity index (χ0n) is 9.83. The van der Waals surface area contributed by atoms with Gasteiger partial charge in [-0.15, -0.1) is 11.6 Å². The average Bonchev–Trinajstić information content (AvgIpc) is 2.41. The van der Waals surface area contributed by atoms with Gasteiger partial charge in [0, 0.05) is 19.0 Å². The van der Waals surface area contributed by atoms with E-state index in [0.29, 0.717) is 23.9 Å². The minimum absolute atomic E-state index is 0.129. The number of likely N-dealkylation sites (tertiary alicyclic amines) is 1. The number of nitrogens with zero attached hydrogens (tertiary/aromatic N) is 1. The van der Waals surface area contributed by atoms with Crippen molar-refractivity contribution in [3.05, 3.63) is 34.1 Å². The van der Waals surface area contributed by atoms with Gasteiger partial charge >= 0.3 is 0 Å². The summed E-state index contributed by atoms with van der Waals surface area (Å²) in [6.07, 6.45) is 2.01. The Kier molecular flexibility index (Phi) is 4.62. The highest BCUT2D eigenvalue weighted by Crippen LogP contribution is 2.25. The number of carbonyl (C=O) groups excluding carboxylic acids is 1. The summed E-state index contributed by atoms with van der Waals surface area (Å²) in [5.74, 6) is 0.369. The standard InChI is InChI=1S/C13H14BrClFNO/c14-12-10(4-1-5-11(12)16)13(18)17-6-2-3-9(7-15)8-17/h1,4-5,9H,2-3,6-8H2. The molecule has 0 radical (unpaired) electrons. The molecule has 2 rings (SSSR count). The molecule has 98 valence electrons. The van der Waals surface area contributed by atoms with E-state index in [-0.39, 0.29) is 10.4 Å². The molecule has 1 atom stereocenters. The Hall–Kier alpha value is -0.610. The number of hydrogen-bond donors (Lipinski definition) is 0. The van der Waals surface area contributed by atoms with Crippen LogP contribution in [0.1, 0.15) is 23.2 Å². The highest BCUT2D eigenvalue weighted by molar-refractivity contribution is 9.10. The molecule has 1 saturated heterocycles. The number of halogens is 3. The lowest BCUT2D eigenvalue weighted by molar-refractivity contribution is 0.0683. The van der Waals surface area contributed by atoms with Crippen molar-refractivity contribution in [1.82, 2.24) is 4.90 Å². The van der Waals surface area contributed by atoms with Crippen LogP contribution in [0.4, 0.5) is 4.39 Å². The fourth-order valence-corrected chi connectivity index (χ4v) is 2.90. The van der Waals surface area contributed by atoms with Gasteiger partial charge < -0.3 is 4.90 Å². The van der Waals surface area contributed by atoms with Crippen molar-refractivity contribution < 1.29 is 9.18 Å². The molecule has 1 amide bonds. The number of carbonyl (C=O) groups is 1. The highest BCUT2D eigenvalue weighted by atomic mass is 79.9. The van der Waals surface area contributed by atoms with E-state index in [2.05, 4.69) is 15.9 Å². The van der Waals surface area contributed by atoms with E-state index in [1.54, 1.807) is 17.0 Å². The monoisotopic (exact) mass is 333 g/mol. The molecular weight excluding hydrogens is 321 g/mol. The second-order valence-electron chi connectivity index (χ2n) is 4.52. The first-order chi connectivity index (χ1) is 8.63. The van der Waals surface area contributed by atoms with Gasteiger partial charge in [-0.1, -0.05) is 6.07 Å². The summed E-state index contributed by atoms with van der Waals surface area (Å²) in [7, 11) is 0. The predicted molar refractivity (Wildman–Crippen MR) is 73.4 cm³/mol. The van der Waals surface area contributed by atoms with Gasteiger partial charge in [0.1, 0.15) is 5.82 Å². The zero-order chi connectivity index (χ0) is 13.1. The molecule has 1 heterocycles. The first-order valence-corrected chi connectivity index (χ1v) is 7.25. The maximum atomic E-state index is 13.4. The summed E-state index contributed by atoms with van der Waals surface area (Å²) in [5.41, 5.74) is 0.380.